The van der Waals surface area contributed by atoms with Crippen LogP contribution >= 0.6 is 23.2 Å². The van der Waals surface area contributed by atoms with E-state index in [1.165, 1.54) is 13.2 Å². The SMILES string of the molecule is COC(=O)c1cc(=O)c2cc(Cl)c(C)c(Cl)c2[nH]1. The smallest absolute Gasteiger partial charge is 0.354 e. The van der Waals surface area contributed by atoms with E-state index in [0.29, 0.717) is 26.5 Å². The van der Waals surface area contributed by atoms with Gasteiger partial charge in [0.2, 0.25) is 0 Å². The van der Waals surface area contributed by atoms with Gasteiger partial charge in [0.15, 0.2) is 5.43 Å². The van der Waals surface area contributed by atoms with Crippen molar-refractivity contribution in [3.8, 4) is 0 Å². The van der Waals surface area contributed by atoms with Gasteiger partial charge in [0, 0.05) is 16.5 Å². The first kappa shape index (κ1) is 12.9. The Morgan fingerprint density at radius 2 is 2.00 bits per heavy atom. The summed E-state index contributed by atoms with van der Waals surface area (Å²) in [4.78, 5) is 26.1. The molecule has 6 heteroatoms. The molecule has 1 heterocycles. The van der Waals surface area contributed by atoms with E-state index in [-0.39, 0.29) is 11.1 Å². The molecule has 4 nitrogen and oxygen atoms in total. The molecule has 0 aliphatic rings. The molecule has 0 bridgehead atoms. The van der Waals surface area contributed by atoms with E-state index < -0.39 is 5.97 Å². The van der Waals surface area contributed by atoms with Crippen molar-refractivity contribution < 1.29 is 9.53 Å². The van der Waals surface area contributed by atoms with Crippen molar-refractivity contribution in [3.63, 3.8) is 0 Å². The summed E-state index contributed by atoms with van der Waals surface area (Å²) in [5.41, 5.74) is 0.738. The Kier molecular flexibility index (Phi) is 3.32. The standard InChI is InChI=1S/C12H9Cl2NO3/c1-5-7(13)3-6-9(16)4-8(12(17)18-2)15-11(6)10(5)14/h3-4H,1-2H3,(H,15,16). The summed E-state index contributed by atoms with van der Waals surface area (Å²) in [7, 11) is 1.24. The minimum absolute atomic E-state index is 0.0543. The van der Waals surface area contributed by atoms with E-state index in [1.807, 2.05) is 0 Å². The highest BCUT2D eigenvalue weighted by Gasteiger charge is 2.14. The van der Waals surface area contributed by atoms with E-state index in [2.05, 4.69) is 9.72 Å². The summed E-state index contributed by atoms with van der Waals surface area (Å²) in [6, 6.07) is 2.69. The Balaban J connectivity index is 2.88. The number of fused-ring (bicyclic) bond motifs is 1. The highest BCUT2D eigenvalue weighted by molar-refractivity contribution is 6.39. The van der Waals surface area contributed by atoms with Crippen LogP contribution in [0.25, 0.3) is 10.9 Å². The lowest BCUT2D eigenvalue weighted by Crippen LogP contribution is -2.11. The molecule has 1 N–H and O–H groups in total. The van der Waals surface area contributed by atoms with Crippen LogP contribution in [0.5, 0.6) is 0 Å². The lowest BCUT2D eigenvalue weighted by atomic mass is 10.1. The monoisotopic (exact) mass is 285 g/mol. The number of esters is 1. The fourth-order valence-electron chi connectivity index (χ4n) is 1.63. The van der Waals surface area contributed by atoms with Crippen molar-refractivity contribution in [2.45, 2.75) is 6.92 Å². The lowest BCUT2D eigenvalue weighted by Gasteiger charge is -2.08. The van der Waals surface area contributed by atoms with Gasteiger partial charge in [0.05, 0.1) is 17.6 Å². The van der Waals surface area contributed by atoms with Crippen LogP contribution in [0.3, 0.4) is 0 Å². The molecule has 18 heavy (non-hydrogen) atoms. The van der Waals surface area contributed by atoms with Crippen LogP contribution in [0, 0.1) is 6.92 Å². The molecule has 94 valence electrons. The van der Waals surface area contributed by atoms with Crippen molar-refractivity contribution in [3.05, 3.63) is 43.7 Å². The molecule has 0 amide bonds. The van der Waals surface area contributed by atoms with Gasteiger partial charge >= 0.3 is 5.97 Å². The number of rotatable bonds is 1. The van der Waals surface area contributed by atoms with Gasteiger partial charge in [0.1, 0.15) is 5.69 Å². The molecule has 0 atom stereocenters. The van der Waals surface area contributed by atoms with Gasteiger partial charge in [-0.05, 0) is 18.6 Å². The second-order valence-electron chi connectivity index (χ2n) is 3.76. The maximum absolute atomic E-state index is 11.9. The molecule has 2 aromatic rings. The Bertz CT molecular complexity index is 707. The molecule has 1 aromatic carbocycles. The molecule has 0 saturated carbocycles. The van der Waals surface area contributed by atoms with E-state index in [4.69, 9.17) is 23.2 Å². The van der Waals surface area contributed by atoms with Crippen molar-refractivity contribution in [2.75, 3.05) is 7.11 Å². The van der Waals surface area contributed by atoms with Gasteiger partial charge in [-0.15, -0.1) is 0 Å². The largest absolute Gasteiger partial charge is 0.464 e. The topological polar surface area (TPSA) is 59.2 Å². The van der Waals surface area contributed by atoms with Gasteiger partial charge in [-0.2, -0.15) is 0 Å². The molecular weight excluding hydrogens is 277 g/mol. The second kappa shape index (κ2) is 4.63. The number of aromatic nitrogens is 1. The maximum atomic E-state index is 11.9. The van der Waals surface area contributed by atoms with Crippen LogP contribution in [-0.2, 0) is 4.74 Å². The summed E-state index contributed by atoms with van der Waals surface area (Å²) < 4.78 is 4.56. The molecule has 1 aromatic heterocycles. The summed E-state index contributed by atoms with van der Waals surface area (Å²) in [5.74, 6) is -0.627. The molecule has 0 fully saturated rings. The first-order chi connectivity index (χ1) is 8.45. The van der Waals surface area contributed by atoms with Crippen LogP contribution in [0.2, 0.25) is 10.0 Å². The third-order valence-corrected chi connectivity index (χ3v) is 3.52. The normalized spacial score (nSPS) is 10.7. The highest BCUT2D eigenvalue weighted by atomic mass is 35.5. The van der Waals surface area contributed by atoms with Crippen LogP contribution in [0.4, 0.5) is 0 Å². The Morgan fingerprint density at radius 1 is 1.33 bits per heavy atom. The molecule has 0 unspecified atom stereocenters. The van der Waals surface area contributed by atoms with Crippen LogP contribution in [0.15, 0.2) is 16.9 Å². The Hall–Kier alpha value is -1.52. The minimum atomic E-state index is -0.627. The minimum Gasteiger partial charge on any atom is -0.464 e. The van der Waals surface area contributed by atoms with E-state index in [0.717, 1.165) is 6.07 Å². The van der Waals surface area contributed by atoms with Crippen molar-refractivity contribution in [2.24, 2.45) is 0 Å². The molecule has 2 rings (SSSR count). The number of hydrogen-bond donors (Lipinski definition) is 1. The molecule has 0 saturated heterocycles. The number of H-pyrrole nitrogens is 1. The fraction of sp³-hybridized carbons (Fsp3) is 0.167. The van der Waals surface area contributed by atoms with Gasteiger partial charge in [-0.3, -0.25) is 4.79 Å². The average molecular weight is 286 g/mol. The van der Waals surface area contributed by atoms with Crippen molar-refractivity contribution in [1.29, 1.82) is 0 Å². The average Bonchev–Trinajstić information content (AvgIpc) is 2.36. The third-order valence-electron chi connectivity index (χ3n) is 2.65. The van der Waals surface area contributed by atoms with Gasteiger partial charge < -0.3 is 9.72 Å². The zero-order valence-electron chi connectivity index (χ0n) is 9.64. The number of carbonyl (C=O) groups is 1. The highest BCUT2D eigenvalue weighted by Crippen LogP contribution is 2.30. The number of methoxy groups -OCH3 is 1. The number of carbonyl (C=O) groups excluding carboxylic acids is 1. The molecule has 0 aliphatic carbocycles. The number of halogens is 2. The Labute approximate surface area is 112 Å². The van der Waals surface area contributed by atoms with Crippen LogP contribution in [-0.4, -0.2) is 18.1 Å². The van der Waals surface area contributed by atoms with E-state index in [9.17, 15) is 9.59 Å². The predicted octanol–water partition coefficient (Wildman–Crippen LogP) is 2.93. The number of pyridine rings is 1. The quantitative estimate of drug-likeness (QED) is 0.820. The first-order valence-corrected chi connectivity index (χ1v) is 5.81. The predicted molar refractivity (Wildman–Crippen MR) is 70.7 cm³/mol. The van der Waals surface area contributed by atoms with Crippen LogP contribution in [0.1, 0.15) is 16.1 Å². The zero-order chi connectivity index (χ0) is 13.4. The summed E-state index contributed by atoms with van der Waals surface area (Å²) in [5, 5.41) is 1.06. The van der Waals surface area contributed by atoms with Crippen molar-refractivity contribution >= 4 is 40.1 Å². The number of aromatic amines is 1. The van der Waals surface area contributed by atoms with Gasteiger partial charge in [0.25, 0.3) is 0 Å². The van der Waals surface area contributed by atoms with E-state index >= 15 is 0 Å². The molecular formula is C12H9Cl2NO3. The summed E-state index contributed by atoms with van der Waals surface area (Å²) >= 11 is 12.1. The zero-order valence-corrected chi connectivity index (χ0v) is 11.1. The number of benzene rings is 1. The maximum Gasteiger partial charge on any atom is 0.354 e. The fourth-order valence-corrected chi connectivity index (χ4v) is 2.14. The summed E-state index contributed by atoms with van der Waals surface area (Å²) in [6.07, 6.45) is 0. The van der Waals surface area contributed by atoms with Gasteiger partial charge in [-0.1, -0.05) is 23.2 Å². The Morgan fingerprint density at radius 3 is 2.61 bits per heavy atom. The van der Waals surface area contributed by atoms with Gasteiger partial charge in [-0.25, -0.2) is 4.79 Å². The van der Waals surface area contributed by atoms with Crippen molar-refractivity contribution in [1.82, 2.24) is 4.98 Å². The molecule has 0 radical (unpaired) electrons. The second-order valence-corrected chi connectivity index (χ2v) is 4.54. The summed E-state index contributed by atoms with van der Waals surface area (Å²) in [6.45, 7) is 1.73. The third kappa shape index (κ3) is 1.98. The number of hydrogen-bond acceptors (Lipinski definition) is 3. The van der Waals surface area contributed by atoms with Crippen LogP contribution < -0.4 is 5.43 Å². The molecule has 0 spiro atoms. The lowest BCUT2D eigenvalue weighted by molar-refractivity contribution is 0.0594. The van der Waals surface area contributed by atoms with E-state index in [1.54, 1.807) is 6.92 Å². The molecule has 0 aliphatic heterocycles. The number of nitrogens with one attached hydrogen (secondary N) is 1. The number of ether oxygens (including phenoxy) is 1. The first-order valence-electron chi connectivity index (χ1n) is 5.05.